The Morgan fingerprint density at radius 1 is 1.06 bits per heavy atom. The van der Waals surface area contributed by atoms with Crippen LogP contribution in [0.4, 0.5) is 5.69 Å². The van der Waals surface area contributed by atoms with Crippen LogP contribution in [0.5, 0.6) is 0 Å². The Balaban J connectivity index is 1.30. The highest BCUT2D eigenvalue weighted by Crippen LogP contribution is 2.23. The van der Waals surface area contributed by atoms with Crippen molar-refractivity contribution >= 4 is 29.1 Å². The number of piperazine rings is 1. The van der Waals surface area contributed by atoms with E-state index in [1.807, 2.05) is 49.1 Å². The van der Waals surface area contributed by atoms with Gasteiger partial charge < -0.3 is 14.7 Å². The average molecular weight is 453 g/mol. The number of aromatic nitrogens is 1. The zero-order valence-corrected chi connectivity index (χ0v) is 18.9. The Morgan fingerprint density at radius 2 is 1.78 bits per heavy atom. The van der Waals surface area contributed by atoms with Crippen molar-refractivity contribution in [1.29, 1.82) is 0 Å². The van der Waals surface area contributed by atoms with E-state index >= 15 is 0 Å². The van der Waals surface area contributed by atoms with Crippen LogP contribution in [0, 0.1) is 13.8 Å². The molecule has 0 unspecified atom stereocenters. The van der Waals surface area contributed by atoms with Crippen LogP contribution in [0.3, 0.4) is 0 Å². The molecule has 8 heteroatoms. The highest BCUT2D eigenvalue weighted by atomic mass is 35.5. The van der Waals surface area contributed by atoms with Gasteiger partial charge in [0.05, 0.1) is 6.54 Å². The van der Waals surface area contributed by atoms with Crippen molar-refractivity contribution in [2.75, 3.05) is 38.0 Å². The molecule has 166 valence electrons. The number of carbonyl (C=O) groups is 2. The topological polar surface area (TPSA) is 78.7 Å². The first-order chi connectivity index (χ1) is 15.4. The van der Waals surface area contributed by atoms with E-state index in [1.165, 1.54) is 0 Å². The molecular weight excluding hydrogens is 428 g/mol. The number of benzene rings is 2. The third-order valence-corrected chi connectivity index (χ3v) is 6.02. The van der Waals surface area contributed by atoms with Gasteiger partial charge in [-0.1, -0.05) is 28.9 Å². The molecule has 1 saturated heterocycles. The molecule has 7 nitrogen and oxygen atoms in total. The van der Waals surface area contributed by atoms with Gasteiger partial charge in [0.25, 0.3) is 5.91 Å². The van der Waals surface area contributed by atoms with Gasteiger partial charge in [-0.15, -0.1) is 0 Å². The summed E-state index contributed by atoms with van der Waals surface area (Å²) in [6.45, 7) is 6.60. The summed E-state index contributed by atoms with van der Waals surface area (Å²) in [6, 6.07) is 14.7. The maximum atomic E-state index is 12.8. The lowest BCUT2D eigenvalue weighted by molar-refractivity contribution is -0.117. The van der Waals surface area contributed by atoms with Crippen LogP contribution in [0.1, 0.15) is 21.6 Å². The molecule has 1 N–H and O–H groups in total. The number of nitrogens with one attached hydrogen (secondary N) is 1. The smallest absolute Gasteiger partial charge is 0.276 e. The van der Waals surface area contributed by atoms with Crippen molar-refractivity contribution in [2.24, 2.45) is 0 Å². The van der Waals surface area contributed by atoms with Crippen molar-refractivity contribution in [3.8, 4) is 11.3 Å². The predicted octanol–water partition coefficient (Wildman–Crippen LogP) is 4.01. The number of anilines is 1. The maximum absolute atomic E-state index is 12.8. The second-order valence-corrected chi connectivity index (χ2v) is 8.38. The number of carbonyl (C=O) groups excluding carboxylic acids is 2. The summed E-state index contributed by atoms with van der Waals surface area (Å²) in [7, 11) is 0. The fraction of sp³-hybridized carbons (Fsp3) is 0.292. The summed E-state index contributed by atoms with van der Waals surface area (Å²) < 4.78 is 5.35. The first-order valence-corrected chi connectivity index (χ1v) is 10.9. The van der Waals surface area contributed by atoms with E-state index in [0.29, 0.717) is 43.5 Å². The lowest BCUT2D eigenvalue weighted by Crippen LogP contribution is -2.50. The van der Waals surface area contributed by atoms with Crippen LogP contribution in [-0.2, 0) is 4.79 Å². The van der Waals surface area contributed by atoms with E-state index < -0.39 is 0 Å². The minimum Gasteiger partial charge on any atom is -0.355 e. The minimum atomic E-state index is -0.173. The normalized spacial score (nSPS) is 14.4. The van der Waals surface area contributed by atoms with Gasteiger partial charge in [0.2, 0.25) is 5.91 Å². The summed E-state index contributed by atoms with van der Waals surface area (Å²) >= 11 is 5.92. The molecule has 1 aliphatic rings. The van der Waals surface area contributed by atoms with E-state index in [1.54, 1.807) is 23.1 Å². The third kappa shape index (κ3) is 5.00. The number of rotatable bonds is 5. The number of hydrogen-bond acceptors (Lipinski definition) is 5. The largest absolute Gasteiger partial charge is 0.355 e. The molecule has 1 aromatic heterocycles. The van der Waals surface area contributed by atoms with Gasteiger partial charge in [-0.3, -0.25) is 14.5 Å². The first kappa shape index (κ1) is 22.0. The molecule has 0 radical (unpaired) electrons. The maximum Gasteiger partial charge on any atom is 0.276 e. The van der Waals surface area contributed by atoms with Crippen molar-refractivity contribution < 1.29 is 14.1 Å². The van der Waals surface area contributed by atoms with E-state index in [4.69, 9.17) is 16.1 Å². The van der Waals surface area contributed by atoms with Crippen LogP contribution in [0.25, 0.3) is 11.3 Å². The molecule has 2 amide bonds. The molecule has 32 heavy (non-hydrogen) atoms. The average Bonchev–Trinajstić information content (AvgIpc) is 3.28. The Morgan fingerprint density at radius 3 is 2.50 bits per heavy atom. The second kappa shape index (κ2) is 9.54. The quantitative estimate of drug-likeness (QED) is 0.632. The zero-order chi connectivity index (χ0) is 22.7. The summed E-state index contributed by atoms with van der Waals surface area (Å²) in [4.78, 5) is 29.1. The van der Waals surface area contributed by atoms with Crippen molar-refractivity contribution in [2.45, 2.75) is 13.8 Å². The Bertz CT molecular complexity index is 1120. The van der Waals surface area contributed by atoms with Crippen LogP contribution in [0.2, 0.25) is 5.02 Å². The lowest BCUT2D eigenvalue weighted by atomic mass is 10.1. The molecular formula is C24H25ClN4O3. The van der Waals surface area contributed by atoms with E-state index in [9.17, 15) is 9.59 Å². The Labute approximate surface area is 191 Å². The van der Waals surface area contributed by atoms with Gasteiger partial charge in [0.15, 0.2) is 11.5 Å². The summed E-state index contributed by atoms with van der Waals surface area (Å²) in [5, 5.41) is 7.56. The third-order valence-electron chi connectivity index (χ3n) is 5.76. The molecule has 0 atom stereocenters. The standard InChI is InChI=1S/C24H25ClN4O3/c1-16-4-3-5-20(17(16)2)26-23(30)15-28-10-12-29(13-11-28)24(31)21-14-22(32-27-21)18-6-8-19(25)9-7-18/h3-9,14H,10-13,15H2,1-2H3,(H,26,30). The lowest BCUT2D eigenvalue weighted by Gasteiger charge is -2.33. The van der Waals surface area contributed by atoms with E-state index in [0.717, 1.165) is 22.4 Å². The van der Waals surface area contributed by atoms with Gasteiger partial charge in [-0.2, -0.15) is 0 Å². The summed E-state index contributed by atoms with van der Waals surface area (Å²) in [6.07, 6.45) is 0. The first-order valence-electron chi connectivity index (χ1n) is 10.5. The summed E-state index contributed by atoms with van der Waals surface area (Å²) in [5.41, 5.74) is 4.13. The highest BCUT2D eigenvalue weighted by molar-refractivity contribution is 6.30. The Kier molecular flexibility index (Phi) is 6.58. The number of hydrogen-bond donors (Lipinski definition) is 1. The minimum absolute atomic E-state index is 0.0532. The van der Waals surface area contributed by atoms with Crippen LogP contribution in [-0.4, -0.2) is 59.5 Å². The second-order valence-electron chi connectivity index (χ2n) is 7.95. The molecule has 0 aliphatic carbocycles. The molecule has 0 bridgehead atoms. The molecule has 2 heterocycles. The van der Waals surface area contributed by atoms with Crippen LogP contribution in [0.15, 0.2) is 53.1 Å². The van der Waals surface area contributed by atoms with Crippen LogP contribution < -0.4 is 5.32 Å². The fourth-order valence-electron chi connectivity index (χ4n) is 3.68. The Hall–Kier alpha value is -3.16. The monoisotopic (exact) mass is 452 g/mol. The molecule has 1 aliphatic heterocycles. The van der Waals surface area contributed by atoms with Crippen molar-refractivity contribution in [3.05, 3.63) is 70.4 Å². The molecule has 2 aromatic carbocycles. The molecule has 0 saturated carbocycles. The van der Waals surface area contributed by atoms with Gasteiger partial charge in [-0.05, 0) is 55.3 Å². The highest BCUT2D eigenvalue weighted by Gasteiger charge is 2.25. The zero-order valence-electron chi connectivity index (χ0n) is 18.1. The fourth-order valence-corrected chi connectivity index (χ4v) is 3.80. The van der Waals surface area contributed by atoms with Crippen molar-refractivity contribution in [3.63, 3.8) is 0 Å². The van der Waals surface area contributed by atoms with E-state index in [-0.39, 0.29) is 17.5 Å². The summed E-state index contributed by atoms with van der Waals surface area (Å²) in [5.74, 6) is 0.294. The molecule has 3 aromatic rings. The molecule has 0 spiro atoms. The van der Waals surface area contributed by atoms with Crippen LogP contribution >= 0.6 is 11.6 Å². The number of amides is 2. The van der Waals surface area contributed by atoms with Gasteiger partial charge in [-0.25, -0.2) is 0 Å². The SMILES string of the molecule is Cc1cccc(NC(=O)CN2CCN(C(=O)c3cc(-c4ccc(Cl)cc4)on3)CC2)c1C. The van der Waals surface area contributed by atoms with E-state index in [2.05, 4.69) is 10.5 Å². The molecule has 4 rings (SSSR count). The number of aryl methyl sites for hydroxylation is 1. The number of nitrogens with zero attached hydrogens (tertiary/aromatic N) is 3. The number of halogens is 1. The predicted molar refractivity (Wildman–Crippen MR) is 124 cm³/mol. The van der Waals surface area contributed by atoms with Gasteiger partial charge in [0.1, 0.15) is 0 Å². The van der Waals surface area contributed by atoms with Gasteiger partial charge in [0, 0.05) is 48.5 Å². The molecule has 1 fully saturated rings. The van der Waals surface area contributed by atoms with Gasteiger partial charge >= 0.3 is 0 Å². The van der Waals surface area contributed by atoms with Crippen molar-refractivity contribution in [1.82, 2.24) is 15.0 Å².